The van der Waals surface area contributed by atoms with Crippen molar-refractivity contribution in [2.75, 3.05) is 6.67 Å². The lowest BCUT2D eigenvalue weighted by molar-refractivity contribution is 0.254. The highest BCUT2D eigenvalue weighted by molar-refractivity contribution is 4.73. The molecule has 0 aromatic rings. The average Bonchev–Trinajstić information content (AvgIpc) is 2.41. The van der Waals surface area contributed by atoms with Crippen molar-refractivity contribution >= 4 is 0 Å². The Morgan fingerprint density at radius 1 is 1.23 bits per heavy atom. The van der Waals surface area contributed by atoms with Gasteiger partial charge in [-0.15, -0.1) is 0 Å². The summed E-state index contributed by atoms with van der Waals surface area (Å²) in [6, 6.07) is 0. The van der Waals surface area contributed by atoms with Crippen LogP contribution in [0.4, 0.5) is 4.39 Å². The normalized spacial score (nSPS) is 32.5. The predicted molar refractivity (Wildman–Crippen MR) is 55.5 cm³/mol. The molecule has 1 saturated carbocycles. The molecule has 0 N–H and O–H groups in total. The molecule has 0 nitrogen and oxygen atoms in total. The first-order chi connectivity index (χ1) is 6.27. The molecule has 3 unspecified atom stereocenters. The summed E-state index contributed by atoms with van der Waals surface area (Å²) in [6.45, 7) is 4.22. The summed E-state index contributed by atoms with van der Waals surface area (Å²) in [5, 5.41) is 0. The molecule has 0 aromatic heterocycles. The van der Waals surface area contributed by atoms with Crippen LogP contribution in [0.3, 0.4) is 0 Å². The molecule has 0 aliphatic heterocycles. The highest BCUT2D eigenvalue weighted by Gasteiger charge is 2.21. The maximum absolute atomic E-state index is 12.5. The fraction of sp³-hybridized carbons (Fsp3) is 1.00. The van der Waals surface area contributed by atoms with E-state index in [0.29, 0.717) is 11.8 Å². The molecular formula is C12H23F. The van der Waals surface area contributed by atoms with Crippen molar-refractivity contribution in [3.8, 4) is 0 Å². The summed E-state index contributed by atoms with van der Waals surface area (Å²) in [5.41, 5.74) is 0. The van der Waals surface area contributed by atoms with Gasteiger partial charge >= 0.3 is 0 Å². The van der Waals surface area contributed by atoms with Gasteiger partial charge in [-0.2, -0.15) is 0 Å². The average molecular weight is 186 g/mol. The summed E-state index contributed by atoms with van der Waals surface area (Å²) in [4.78, 5) is 0. The van der Waals surface area contributed by atoms with E-state index in [1.54, 1.807) is 0 Å². The molecule has 78 valence electrons. The molecule has 0 radical (unpaired) electrons. The van der Waals surface area contributed by atoms with Gasteiger partial charge in [-0.3, -0.25) is 4.39 Å². The van der Waals surface area contributed by atoms with E-state index in [4.69, 9.17) is 0 Å². The van der Waals surface area contributed by atoms with E-state index in [1.807, 2.05) is 0 Å². The maximum atomic E-state index is 12.5. The van der Waals surface area contributed by atoms with Crippen molar-refractivity contribution in [2.24, 2.45) is 17.8 Å². The zero-order chi connectivity index (χ0) is 9.68. The van der Waals surface area contributed by atoms with Crippen LogP contribution in [0.2, 0.25) is 0 Å². The second-order valence-corrected chi connectivity index (χ2v) is 4.67. The van der Waals surface area contributed by atoms with Gasteiger partial charge in [0.1, 0.15) is 0 Å². The summed E-state index contributed by atoms with van der Waals surface area (Å²) in [6.07, 6.45) is 7.90. The van der Waals surface area contributed by atoms with E-state index in [9.17, 15) is 4.39 Å². The van der Waals surface area contributed by atoms with E-state index < -0.39 is 0 Å². The van der Waals surface area contributed by atoms with Crippen LogP contribution >= 0.6 is 0 Å². The Kier molecular flexibility index (Phi) is 4.76. The first kappa shape index (κ1) is 11.0. The van der Waals surface area contributed by atoms with Gasteiger partial charge in [0.05, 0.1) is 6.67 Å². The highest BCUT2D eigenvalue weighted by Crippen LogP contribution is 2.33. The van der Waals surface area contributed by atoms with Gasteiger partial charge in [0.2, 0.25) is 0 Å². The molecule has 1 aliphatic rings. The Labute approximate surface area is 81.9 Å². The number of rotatable bonds is 3. The van der Waals surface area contributed by atoms with Crippen molar-refractivity contribution in [1.82, 2.24) is 0 Å². The first-order valence-electron chi connectivity index (χ1n) is 5.83. The van der Waals surface area contributed by atoms with Gasteiger partial charge < -0.3 is 0 Å². The van der Waals surface area contributed by atoms with E-state index in [0.717, 1.165) is 5.92 Å². The Morgan fingerprint density at radius 2 is 2.00 bits per heavy atom. The molecule has 0 amide bonds. The third kappa shape index (κ3) is 3.28. The van der Waals surface area contributed by atoms with Crippen molar-refractivity contribution in [2.45, 2.75) is 52.4 Å². The highest BCUT2D eigenvalue weighted by atomic mass is 19.1. The number of hydrogen-bond acceptors (Lipinski definition) is 0. The fourth-order valence-electron chi connectivity index (χ4n) is 2.51. The van der Waals surface area contributed by atoms with E-state index >= 15 is 0 Å². The second kappa shape index (κ2) is 5.62. The quantitative estimate of drug-likeness (QED) is 0.579. The van der Waals surface area contributed by atoms with Gasteiger partial charge in [0, 0.05) is 0 Å². The van der Waals surface area contributed by atoms with Crippen molar-refractivity contribution in [3.63, 3.8) is 0 Å². The van der Waals surface area contributed by atoms with E-state index in [2.05, 4.69) is 13.8 Å². The summed E-state index contributed by atoms with van der Waals surface area (Å²) < 4.78 is 12.5. The fourth-order valence-corrected chi connectivity index (χ4v) is 2.51. The summed E-state index contributed by atoms with van der Waals surface area (Å²) in [7, 11) is 0. The largest absolute Gasteiger partial charge is 0.251 e. The van der Waals surface area contributed by atoms with Gasteiger partial charge in [-0.05, 0) is 24.2 Å². The second-order valence-electron chi connectivity index (χ2n) is 4.67. The monoisotopic (exact) mass is 186 g/mol. The Morgan fingerprint density at radius 3 is 2.62 bits per heavy atom. The predicted octanol–water partition coefficient (Wildman–Crippen LogP) is 4.20. The Balaban J connectivity index is 2.35. The van der Waals surface area contributed by atoms with Crippen LogP contribution in [-0.4, -0.2) is 6.67 Å². The Bertz CT molecular complexity index is 133. The van der Waals surface area contributed by atoms with Gasteiger partial charge in [-0.25, -0.2) is 0 Å². The van der Waals surface area contributed by atoms with Gasteiger partial charge in [-0.1, -0.05) is 46.0 Å². The summed E-state index contributed by atoms with van der Waals surface area (Å²) in [5.74, 6) is 1.90. The molecule has 1 aliphatic carbocycles. The minimum absolute atomic E-state index is 0.124. The minimum Gasteiger partial charge on any atom is -0.251 e. The topological polar surface area (TPSA) is 0 Å². The van der Waals surface area contributed by atoms with Crippen LogP contribution in [-0.2, 0) is 0 Å². The number of alkyl halides is 1. The number of hydrogen-bond donors (Lipinski definition) is 0. The lowest BCUT2D eigenvalue weighted by Gasteiger charge is -2.19. The molecule has 1 fully saturated rings. The van der Waals surface area contributed by atoms with Crippen molar-refractivity contribution in [1.29, 1.82) is 0 Å². The van der Waals surface area contributed by atoms with Gasteiger partial charge in [0.15, 0.2) is 0 Å². The van der Waals surface area contributed by atoms with Crippen molar-refractivity contribution < 1.29 is 4.39 Å². The van der Waals surface area contributed by atoms with Crippen LogP contribution in [0.15, 0.2) is 0 Å². The lowest BCUT2D eigenvalue weighted by Crippen LogP contribution is -2.12. The van der Waals surface area contributed by atoms with E-state index in [-0.39, 0.29) is 6.67 Å². The van der Waals surface area contributed by atoms with Crippen LogP contribution < -0.4 is 0 Å². The molecule has 1 rings (SSSR count). The molecular weight excluding hydrogens is 163 g/mol. The zero-order valence-corrected chi connectivity index (χ0v) is 9.06. The molecule has 0 spiro atoms. The third-order valence-electron chi connectivity index (χ3n) is 3.76. The molecule has 3 atom stereocenters. The maximum Gasteiger partial charge on any atom is 0.0922 e. The van der Waals surface area contributed by atoms with Crippen LogP contribution in [0.1, 0.15) is 52.4 Å². The minimum atomic E-state index is -0.124. The first-order valence-corrected chi connectivity index (χ1v) is 5.83. The van der Waals surface area contributed by atoms with Crippen LogP contribution in [0.25, 0.3) is 0 Å². The molecule has 0 heterocycles. The third-order valence-corrected chi connectivity index (χ3v) is 3.76. The molecule has 13 heavy (non-hydrogen) atoms. The summed E-state index contributed by atoms with van der Waals surface area (Å²) >= 11 is 0. The van der Waals surface area contributed by atoms with Crippen molar-refractivity contribution in [3.05, 3.63) is 0 Å². The van der Waals surface area contributed by atoms with E-state index in [1.165, 1.54) is 38.5 Å². The molecule has 0 saturated heterocycles. The standard InChI is InChI=1S/C12H23F/c1-3-11-5-4-6-12(8-7-11)10(2)9-13/h10-12H,3-9H2,1-2H3. The molecule has 0 bridgehead atoms. The smallest absolute Gasteiger partial charge is 0.0922 e. The Hall–Kier alpha value is -0.0700. The number of halogens is 1. The van der Waals surface area contributed by atoms with Gasteiger partial charge in [0.25, 0.3) is 0 Å². The molecule has 0 aromatic carbocycles. The SMILES string of the molecule is CCC1CCCC(C(C)CF)CC1. The van der Waals surface area contributed by atoms with Crippen LogP contribution in [0.5, 0.6) is 0 Å². The lowest BCUT2D eigenvalue weighted by atomic mass is 9.88. The van der Waals surface area contributed by atoms with Crippen LogP contribution in [0, 0.1) is 17.8 Å². The zero-order valence-electron chi connectivity index (χ0n) is 9.06. The molecule has 1 heteroatoms.